The van der Waals surface area contributed by atoms with E-state index in [0.717, 1.165) is 6.54 Å². The van der Waals surface area contributed by atoms with E-state index in [4.69, 9.17) is 5.73 Å². The fraction of sp³-hybridized carbons (Fsp3) is 0.600. The van der Waals surface area contributed by atoms with E-state index in [-0.39, 0.29) is 5.41 Å². The standard InChI is InChI=1S/C10H14BrNS/c1-9(2)5-10(9,6-12)8-3-7(11)4-13-8/h3-4H,5-6,12H2,1-2H3. The highest BCUT2D eigenvalue weighted by molar-refractivity contribution is 9.10. The van der Waals surface area contributed by atoms with Crippen molar-refractivity contribution < 1.29 is 0 Å². The molecule has 3 heteroatoms. The van der Waals surface area contributed by atoms with Gasteiger partial charge in [0.15, 0.2) is 0 Å². The van der Waals surface area contributed by atoms with Crippen LogP contribution in [0.4, 0.5) is 0 Å². The summed E-state index contributed by atoms with van der Waals surface area (Å²) < 4.78 is 1.18. The molecule has 1 unspecified atom stereocenters. The SMILES string of the molecule is CC1(C)CC1(CN)c1cc(Br)cs1. The van der Waals surface area contributed by atoms with Gasteiger partial charge in [-0.2, -0.15) is 0 Å². The first-order valence-corrected chi connectivity index (χ1v) is 6.14. The van der Waals surface area contributed by atoms with Crippen LogP contribution in [0.15, 0.2) is 15.9 Å². The minimum Gasteiger partial charge on any atom is -0.330 e. The Bertz CT molecular complexity index is 331. The number of hydrogen-bond donors (Lipinski definition) is 1. The van der Waals surface area contributed by atoms with Crippen molar-refractivity contribution in [1.29, 1.82) is 0 Å². The molecule has 2 rings (SSSR count). The summed E-state index contributed by atoms with van der Waals surface area (Å²) in [6, 6.07) is 2.21. The summed E-state index contributed by atoms with van der Waals surface area (Å²) in [6.07, 6.45) is 1.23. The van der Waals surface area contributed by atoms with E-state index in [2.05, 4.69) is 41.2 Å². The molecule has 1 aromatic rings. The highest BCUT2D eigenvalue weighted by Crippen LogP contribution is 2.64. The maximum atomic E-state index is 5.88. The summed E-state index contributed by atoms with van der Waals surface area (Å²) in [5, 5.41) is 2.14. The van der Waals surface area contributed by atoms with E-state index in [0.29, 0.717) is 5.41 Å². The van der Waals surface area contributed by atoms with E-state index in [1.165, 1.54) is 15.8 Å². The van der Waals surface area contributed by atoms with Crippen LogP contribution in [-0.4, -0.2) is 6.54 Å². The van der Waals surface area contributed by atoms with Gasteiger partial charge in [-0.05, 0) is 33.8 Å². The summed E-state index contributed by atoms with van der Waals surface area (Å²) in [5.41, 5.74) is 6.54. The zero-order chi connectivity index (χ0) is 9.69. The van der Waals surface area contributed by atoms with Crippen molar-refractivity contribution >= 4 is 27.3 Å². The van der Waals surface area contributed by atoms with Crippen LogP contribution in [0.2, 0.25) is 0 Å². The second kappa shape index (κ2) is 2.81. The van der Waals surface area contributed by atoms with Crippen LogP contribution in [0.3, 0.4) is 0 Å². The second-order valence-electron chi connectivity index (χ2n) is 4.48. The first kappa shape index (κ1) is 9.69. The largest absolute Gasteiger partial charge is 0.330 e. The van der Waals surface area contributed by atoms with Crippen LogP contribution in [-0.2, 0) is 5.41 Å². The number of rotatable bonds is 2. The van der Waals surface area contributed by atoms with Crippen molar-refractivity contribution in [2.75, 3.05) is 6.54 Å². The van der Waals surface area contributed by atoms with Crippen molar-refractivity contribution in [3.8, 4) is 0 Å². The molecule has 1 aliphatic rings. The van der Waals surface area contributed by atoms with E-state index in [1.54, 1.807) is 0 Å². The van der Waals surface area contributed by atoms with Gasteiger partial charge in [0, 0.05) is 26.7 Å². The second-order valence-corrected chi connectivity index (χ2v) is 6.30. The Hall–Kier alpha value is 0.140. The molecule has 1 heterocycles. The third kappa shape index (κ3) is 1.29. The van der Waals surface area contributed by atoms with Gasteiger partial charge in [-0.1, -0.05) is 13.8 Å². The van der Waals surface area contributed by atoms with E-state index in [9.17, 15) is 0 Å². The molecule has 0 spiro atoms. The Morgan fingerprint density at radius 1 is 1.62 bits per heavy atom. The van der Waals surface area contributed by atoms with Gasteiger partial charge in [0.1, 0.15) is 0 Å². The van der Waals surface area contributed by atoms with Gasteiger partial charge >= 0.3 is 0 Å². The van der Waals surface area contributed by atoms with Crippen LogP contribution in [0.25, 0.3) is 0 Å². The Morgan fingerprint density at radius 3 is 2.54 bits per heavy atom. The quantitative estimate of drug-likeness (QED) is 0.868. The van der Waals surface area contributed by atoms with E-state index >= 15 is 0 Å². The van der Waals surface area contributed by atoms with Crippen LogP contribution in [0.5, 0.6) is 0 Å². The summed E-state index contributed by atoms with van der Waals surface area (Å²) in [4.78, 5) is 1.44. The van der Waals surface area contributed by atoms with Crippen molar-refractivity contribution in [2.45, 2.75) is 25.7 Å². The Morgan fingerprint density at radius 2 is 2.23 bits per heavy atom. The van der Waals surface area contributed by atoms with Crippen molar-refractivity contribution in [3.05, 3.63) is 20.8 Å². The molecule has 1 aliphatic carbocycles. The predicted octanol–water partition coefficient (Wildman–Crippen LogP) is 3.14. The fourth-order valence-corrected chi connectivity index (χ4v) is 3.96. The smallest absolute Gasteiger partial charge is 0.0285 e. The molecule has 0 amide bonds. The summed E-state index contributed by atoms with van der Waals surface area (Å²) in [6.45, 7) is 5.37. The lowest BCUT2D eigenvalue weighted by atomic mass is 9.94. The Labute approximate surface area is 91.5 Å². The minimum absolute atomic E-state index is 0.268. The summed E-state index contributed by atoms with van der Waals surface area (Å²) in [5.74, 6) is 0. The van der Waals surface area contributed by atoms with Gasteiger partial charge in [0.25, 0.3) is 0 Å². The molecule has 0 radical (unpaired) electrons. The summed E-state index contributed by atoms with van der Waals surface area (Å²) in [7, 11) is 0. The third-order valence-electron chi connectivity index (χ3n) is 3.30. The van der Waals surface area contributed by atoms with Crippen LogP contribution in [0.1, 0.15) is 25.1 Å². The molecular formula is C10H14BrNS. The lowest BCUT2D eigenvalue weighted by molar-refractivity contribution is 0.509. The Balaban J connectivity index is 2.35. The molecule has 1 aromatic heterocycles. The number of nitrogens with two attached hydrogens (primary N) is 1. The van der Waals surface area contributed by atoms with Gasteiger partial charge in [-0.3, -0.25) is 0 Å². The molecule has 0 aromatic carbocycles. The third-order valence-corrected chi connectivity index (χ3v) is 5.20. The maximum absolute atomic E-state index is 5.88. The molecule has 13 heavy (non-hydrogen) atoms. The van der Waals surface area contributed by atoms with Crippen molar-refractivity contribution in [3.63, 3.8) is 0 Å². The van der Waals surface area contributed by atoms with Gasteiger partial charge in [0.05, 0.1) is 0 Å². The lowest BCUT2D eigenvalue weighted by Crippen LogP contribution is -2.24. The molecule has 0 aliphatic heterocycles. The molecule has 1 atom stereocenters. The molecule has 1 fully saturated rings. The first-order chi connectivity index (χ1) is 6.02. The van der Waals surface area contributed by atoms with Gasteiger partial charge < -0.3 is 5.73 Å². The normalized spacial score (nSPS) is 30.5. The van der Waals surface area contributed by atoms with Gasteiger partial charge in [-0.25, -0.2) is 0 Å². The number of hydrogen-bond acceptors (Lipinski definition) is 2. The Kier molecular flexibility index (Phi) is 2.10. The fourth-order valence-electron chi connectivity index (χ4n) is 2.14. The molecule has 0 bridgehead atoms. The highest BCUT2D eigenvalue weighted by Gasteiger charge is 2.61. The zero-order valence-electron chi connectivity index (χ0n) is 7.93. The van der Waals surface area contributed by atoms with E-state index < -0.39 is 0 Å². The first-order valence-electron chi connectivity index (χ1n) is 4.46. The molecule has 2 N–H and O–H groups in total. The summed E-state index contributed by atoms with van der Waals surface area (Å²) >= 11 is 5.31. The van der Waals surface area contributed by atoms with E-state index in [1.807, 2.05) is 11.3 Å². The molecule has 1 nitrogen and oxygen atoms in total. The van der Waals surface area contributed by atoms with Crippen molar-refractivity contribution in [1.82, 2.24) is 0 Å². The number of halogens is 1. The predicted molar refractivity (Wildman–Crippen MR) is 61.1 cm³/mol. The monoisotopic (exact) mass is 259 g/mol. The van der Waals surface area contributed by atoms with Gasteiger partial charge in [0.2, 0.25) is 0 Å². The maximum Gasteiger partial charge on any atom is 0.0285 e. The molecule has 0 saturated heterocycles. The highest BCUT2D eigenvalue weighted by atomic mass is 79.9. The van der Waals surface area contributed by atoms with Crippen molar-refractivity contribution in [2.24, 2.45) is 11.1 Å². The average Bonchev–Trinajstić information content (AvgIpc) is 2.43. The van der Waals surface area contributed by atoms with Crippen LogP contribution < -0.4 is 5.73 Å². The molecular weight excluding hydrogens is 246 g/mol. The topological polar surface area (TPSA) is 26.0 Å². The zero-order valence-corrected chi connectivity index (χ0v) is 10.3. The average molecular weight is 260 g/mol. The minimum atomic E-state index is 0.268. The van der Waals surface area contributed by atoms with Gasteiger partial charge in [-0.15, -0.1) is 11.3 Å². The number of thiophene rings is 1. The molecule has 72 valence electrons. The van der Waals surface area contributed by atoms with Crippen LogP contribution >= 0.6 is 27.3 Å². The lowest BCUT2D eigenvalue weighted by Gasteiger charge is -2.16. The molecule has 1 saturated carbocycles. The van der Waals surface area contributed by atoms with Crippen LogP contribution in [0, 0.1) is 5.41 Å².